The zero-order chi connectivity index (χ0) is 13.5. The topological polar surface area (TPSA) is 30.9 Å². The van der Waals surface area contributed by atoms with E-state index >= 15 is 0 Å². The van der Waals surface area contributed by atoms with E-state index in [2.05, 4.69) is 48.9 Å². The second kappa shape index (κ2) is 4.68. The fourth-order valence-corrected chi connectivity index (χ4v) is 3.22. The van der Waals surface area contributed by atoms with Gasteiger partial charge in [-0.1, -0.05) is 25.0 Å². The van der Waals surface area contributed by atoms with Gasteiger partial charge < -0.3 is 10.3 Å². The summed E-state index contributed by atoms with van der Waals surface area (Å²) in [5, 5.41) is 1.32. The molecule has 0 atom stereocenters. The first kappa shape index (κ1) is 12.7. The minimum atomic E-state index is -0.267. The summed E-state index contributed by atoms with van der Waals surface area (Å²) in [5.74, 6) is 0.866. The van der Waals surface area contributed by atoms with Crippen LogP contribution in [0.3, 0.4) is 0 Å². The lowest BCUT2D eigenvalue weighted by Gasteiger charge is -2.20. The number of nitrogens with two attached hydrogens (primary N) is 1. The summed E-state index contributed by atoms with van der Waals surface area (Å²) in [7, 11) is 0. The Morgan fingerprint density at radius 1 is 1.21 bits per heavy atom. The van der Waals surface area contributed by atoms with Crippen molar-refractivity contribution in [3.05, 3.63) is 36.0 Å². The van der Waals surface area contributed by atoms with Crippen LogP contribution in [0.5, 0.6) is 0 Å². The number of hydrogen-bond acceptors (Lipinski definition) is 1. The van der Waals surface area contributed by atoms with Crippen LogP contribution in [0.25, 0.3) is 10.9 Å². The Kier molecular flexibility index (Phi) is 3.14. The van der Waals surface area contributed by atoms with Crippen molar-refractivity contribution in [2.45, 2.75) is 51.6 Å². The van der Waals surface area contributed by atoms with Gasteiger partial charge in [-0.2, -0.15) is 0 Å². The molecule has 102 valence electrons. The Morgan fingerprint density at radius 2 is 1.95 bits per heavy atom. The van der Waals surface area contributed by atoms with Crippen LogP contribution in [0.2, 0.25) is 0 Å². The fraction of sp³-hybridized carbons (Fsp3) is 0.529. The van der Waals surface area contributed by atoms with Gasteiger partial charge in [0.1, 0.15) is 0 Å². The Labute approximate surface area is 115 Å². The summed E-state index contributed by atoms with van der Waals surface area (Å²) in [5.41, 5.74) is 8.50. The molecule has 1 aliphatic rings. The molecule has 2 N–H and O–H groups in total. The summed E-state index contributed by atoms with van der Waals surface area (Å²) < 4.78 is 2.42. The third-order valence-electron chi connectivity index (χ3n) is 4.45. The largest absolute Gasteiger partial charge is 0.347 e. The van der Waals surface area contributed by atoms with E-state index in [-0.39, 0.29) is 5.54 Å². The maximum atomic E-state index is 6.22. The van der Waals surface area contributed by atoms with Gasteiger partial charge in [0, 0.05) is 23.8 Å². The Balaban J connectivity index is 1.95. The molecule has 0 radical (unpaired) electrons. The predicted octanol–water partition coefficient (Wildman–Crippen LogP) is 4.03. The first-order valence-electron chi connectivity index (χ1n) is 7.42. The molecule has 19 heavy (non-hydrogen) atoms. The van der Waals surface area contributed by atoms with Gasteiger partial charge in [-0.05, 0) is 55.7 Å². The quantitative estimate of drug-likeness (QED) is 0.883. The van der Waals surface area contributed by atoms with Crippen LogP contribution < -0.4 is 5.73 Å². The molecular weight excluding hydrogens is 232 g/mol. The average Bonchev–Trinajstić information content (AvgIpc) is 2.98. The molecule has 0 unspecified atom stereocenters. The van der Waals surface area contributed by atoms with Crippen LogP contribution in [-0.2, 0) is 12.1 Å². The van der Waals surface area contributed by atoms with E-state index in [1.54, 1.807) is 0 Å². The molecule has 1 saturated carbocycles. The monoisotopic (exact) mass is 256 g/mol. The van der Waals surface area contributed by atoms with Gasteiger partial charge >= 0.3 is 0 Å². The maximum Gasteiger partial charge on any atom is 0.0483 e. The van der Waals surface area contributed by atoms with E-state index in [1.165, 1.54) is 42.1 Å². The van der Waals surface area contributed by atoms with Crippen LogP contribution in [0.15, 0.2) is 30.5 Å². The second-order valence-electron chi connectivity index (χ2n) is 6.61. The summed E-state index contributed by atoms with van der Waals surface area (Å²) >= 11 is 0. The lowest BCUT2D eigenvalue weighted by Crippen LogP contribution is -2.28. The lowest BCUT2D eigenvalue weighted by molar-refractivity contribution is 0.465. The minimum Gasteiger partial charge on any atom is -0.347 e. The van der Waals surface area contributed by atoms with Gasteiger partial charge in [-0.25, -0.2) is 0 Å². The van der Waals surface area contributed by atoms with Gasteiger partial charge in [-0.3, -0.25) is 0 Å². The van der Waals surface area contributed by atoms with Crippen LogP contribution in [-0.4, -0.2) is 4.57 Å². The predicted molar refractivity (Wildman–Crippen MR) is 81.1 cm³/mol. The standard InChI is InChI=1S/C17H24N2/c1-17(2,18)15-8-7-14-9-10-19(16(14)11-15)12-13-5-3-4-6-13/h7-11,13H,3-6,12,18H2,1-2H3. The molecule has 1 heterocycles. The molecule has 2 aromatic rings. The van der Waals surface area contributed by atoms with Crippen molar-refractivity contribution in [3.63, 3.8) is 0 Å². The van der Waals surface area contributed by atoms with Gasteiger partial charge in [0.25, 0.3) is 0 Å². The molecule has 1 fully saturated rings. The van der Waals surface area contributed by atoms with E-state index in [4.69, 9.17) is 5.73 Å². The highest BCUT2D eigenvalue weighted by Gasteiger charge is 2.18. The molecular formula is C17H24N2. The van der Waals surface area contributed by atoms with E-state index in [9.17, 15) is 0 Å². The van der Waals surface area contributed by atoms with Crippen LogP contribution in [0.1, 0.15) is 45.1 Å². The first-order valence-corrected chi connectivity index (χ1v) is 7.42. The molecule has 0 amide bonds. The molecule has 0 saturated heterocycles. The smallest absolute Gasteiger partial charge is 0.0483 e. The normalized spacial score (nSPS) is 17.4. The number of nitrogens with zero attached hydrogens (tertiary/aromatic N) is 1. The molecule has 0 spiro atoms. The molecule has 0 aliphatic heterocycles. The number of benzene rings is 1. The maximum absolute atomic E-state index is 6.22. The average molecular weight is 256 g/mol. The summed E-state index contributed by atoms with van der Waals surface area (Å²) in [6.45, 7) is 5.30. The number of rotatable bonds is 3. The van der Waals surface area contributed by atoms with Gasteiger partial charge in [0.2, 0.25) is 0 Å². The Morgan fingerprint density at radius 3 is 2.63 bits per heavy atom. The highest BCUT2D eigenvalue weighted by atomic mass is 15.0. The zero-order valence-electron chi connectivity index (χ0n) is 12.0. The van der Waals surface area contributed by atoms with Crippen molar-refractivity contribution >= 4 is 10.9 Å². The fourth-order valence-electron chi connectivity index (χ4n) is 3.22. The summed E-state index contributed by atoms with van der Waals surface area (Å²) in [6, 6.07) is 8.84. The summed E-state index contributed by atoms with van der Waals surface area (Å²) in [4.78, 5) is 0. The van der Waals surface area contributed by atoms with Crippen molar-refractivity contribution in [2.24, 2.45) is 11.7 Å². The van der Waals surface area contributed by atoms with Crippen molar-refractivity contribution in [1.82, 2.24) is 4.57 Å². The molecule has 2 heteroatoms. The third-order valence-corrected chi connectivity index (χ3v) is 4.45. The van der Waals surface area contributed by atoms with Crippen LogP contribution in [0.4, 0.5) is 0 Å². The van der Waals surface area contributed by atoms with E-state index in [0.29, 0.717) is 0 Å². The Hall–Kier alpha value is -1.28. The van der Waals surface area contributed by atoms with Crippen molar-refractivity contribution < 1.29 is 0 Å². The van der Waals surface area contributed by atoms with E-state index < -0.39 is 0 Å². The molecule has 3 rings (SSSR count). The van der Waals surface area contributed by atoms with Crippen LogP contribution >= 0.6 is 0 Å². The van der Waals surface area contributed by atoms with Gasteiger partial charge in [0.15, 0.2) is 0 Å². The summed E-state index contributed by atoms with van der Waals surface area (Å²) in [6.07, 6.45) is 7.83. The molecule has 1 aliphatic carbocycles. The molecule has 2 nitrogen and oxygen atoms in total. The SMILES string of the molecule is CC(C)(N)c1ccc2ccn(CC3CCCC3)c2c1. The number of hydrogen-bond donors (Lipinski definition) is 1. The molecule has 1 aromatic carbocycles. The molecule has 0 bridgehead atoms. The lowest BCUT2D eigenvalue weighted by atomic mass is 9.95. The van der Waals surface area contributed by atoms with Crippen molar-refractivity contribution in [3.8, 4) is 0 Å². The first-order chi connectivity index (χ1) is 9.04. The number of aromatic nitrogens is 1. The van der Waals surface area contributed by atoms with E-state index in [0.717, 1.165) is 12.5 Å². The Bertz CT molecular complexity index is 568. The van der Waals surface area contributed by atoms with Gasteiger partial charge in [-0.15, -0.1) is 0 Å². The second-order valence-corrected chi connectivity index (χ2v) is 6.61. The highest BCUT2D eigenvalue weighted by molar-refractivity contribution is 5.81. The minimum absolute atomic E-state index is 0.267. The highest BCUT2D eigenvalue weighted by Crippen LogP contribution is 2.29. The number of fused-ring (bicyclic) bond motifs is 1. The van der Waals surface area contributed by atoms with Crippen molar-refractivity contribution in [2.75, 3.05) is 0 Å². The third kappa shape index (κ3) is 2.55. The molecule has 1 aromatic heterocycles. The van der Waals surface area contributed by atoms with E-state index in [1.807, 2.05) is 0 Å². The van der Waals surface area contributed by atoms with Gasteiger partial charge in [0.05, 0.1) is 0 Å². The van der Waals surface area contributed by atoms with Crippen LogP contribution in [0, 0.1) is 5.92 Å². The zero-order valence-corrected chi connectivity index (χ0v) is 12.0. The van der Waals surface area contributed by atoms with Crippen molar-refractivity contribution in [1.29, 1.82) is 0 Å².